The molecular weight excluding hydrogens is 302 g/mol. The molecule has 2 rings (SSSR count). The third-order valence-corrected chi connectivity index (χ3v) is 3.82. The Hall–Kier alpha value is -1.61. The second-order valence-corrected chi connectivity index (χ2v) is 5.33. The fourth-order valence-electron chi connectivity index (χ4n) is 1.88. The standard InChI is InChI=1S/C16H16BrNO/c1-12-6-2-3-8-14(12)11-18-16(19)10-13-7-4-5-9-15(13)17/h2-9H,10-11H2,1H3,(H,18,19). The SMILES string of the molecule is Cc1ccccc1CNC(=O)Cc1ccccc1Br. The molecule has 0 saturated carbocycles. The summed E-state index contributed by atoms with van der Waals surface area (Å²) in [5.41, 5.74) is 3.36. The van der Waals surface area contributed by atoms with Crippen LogP contribution in [0.4, 0.5) is 0 Å². The van der Waals surface area contributed by atoms with E-state index in [4.69, 9.17) is 0 Å². The van der Waals surface area contributed by atoms with E-state index in [9.17, 15) is 4.79 Å². The Bertz CT molecular complexity index is 580. The van der Waals surface area contributed by atoms with Gasteiger partial charge in [0, 0.05) is 11.0 Å². The van der Waals surface area contributed by atoms with Gasteiger partial charge >= 0.3 is 0 Å². The monoisotopic (exact) mass is 317 g/mol. The average molecular weight is 318 g/mol. The predicted octanol–water partition coefficient (Wildman–Crippen LogP) is 3.62. The van der Waals surface area contributed by atoms with Crippen LogP contribution >= 0.6 is 15.9 Å². The summed E-state index contributed by atoms with van der Waals surface area (Å²) in [5.74, 6) is 0.0372. The molecule has 2 aromatic rings. The number of rotatable bonds is 4. The molecule has 3 heteroatoms. The summed E-state index contributed by atoms with van der Waals surface area (Å²) in [6, 6.07) is 15.9. The maximum Gasteiger partial charge on any atom is 0.224 e. The molecule has 0 aliphatic carbocycles. The molecule has 0 aromatic heterocycles. The highest BCUT2D eigenvalue weighted by atomic mass is 79.9. The van der Waals surface area contributed by atoms with Gasteiger partial charge in [-0.05, 0) is 29.7 Å². The number of amides is 1. The first-order valence-corrected chi connectivity index (χ1v) is 7.01. The van der Waals surface area contributed by atoms with E-state index < -0.39 is 0 Å². The molecule has 0 bridgehead atoms. The van der Waals surface area contributed by atoms with Crippen molar-refractivity contribution in [2.75, 3.05) is 0 Å². The zero-order valence-electron chi connectivity index (χ0n) is 10.8. The molecule has 0 saturated heterocycles. The van der Waals surface area contributed by atoms with Gasteiger partial charge in [-0.25, -0.2) is 0 Å². The largest absolute Gasteiger partial charge is 0.352 e. The summed E-state index contributed by atoms with van der Waals surface area (Å²) in [5, 5.41) is 2.96. The zero-order valence-corrected chi connectivity index (χ0v) is 12.4. The van der Waals surface area contributed by atoms with Gasteiger partial charge in [0.25, 0.3) is 0 Å². The lowest BCUT2D eigenvalue weighted by Crippen LogP contribution is -2.25. The van der Waals surface area contributed by atoms with Crippen LogP contribution in [-0.4, -0.2) is 5.91 Å². The van der Waals surface area contributed by atoms with E-state index in [-0.39, 0.29) is 5.91 Å². The quantitative estimate of drug-likeness (QED) is 0.917. The van der Waals surface area contributed by atoms with E-state index in [0.29, 0.717) is 13.0 Å². The third kappa shape index (κ3) is 3.93. The van der Waals surface area contributed by atoms with E-state index in [1.165, 1.54) is 5.56 Å². The van der Waals surface area contributed by atoms with E-state index >= 15 is 0 Å². The van der Waals surface area contributed by atoms with Crippen LogP contribution in [-0.2, 0) is 17.8 Å². The number of benzene rings is 2. The molecule has 1 amide bonds. The van der Waals surface area contributed by atoms with Gasteiger partial charge in [-0.15, -0.1) is 0 Å². The molecule has 0 fully saturated rings. The minimum absolute atomic E-state index is 0.0372. The predicted molar refractivity (Wildman–Crippen MR) is 80.9 cm³/mol. The summed E-state index contributed by atoms with van der Waals surface area (Å²) in [6.07, 6.45) is 0.396. The summed E-state index contributed by atoms with van der Waals surface area (Å²) < 4.78 is 0.973. The van der Waals surface area contributed by atoms with Crippen LogP contribution in [0.25, 0.3) is 0 Å². The maximum absolute atomic E-state index is 11.9. The van der Waals surface area contributed by atoms with Crippen LogP contribution in [0, 0.1) is 6.92 Å². The highest BCUT2D eigenvalue weighted by Crippen LogP contribution is 2.16. The van der Waals surface area contributed by atoms with Gasteiger partial charge in [0.15, 0.2) is 0 Å². The Morgan fingerprint density at radius 1 is 1.05 bits per heavy atom. The number of carbonyl (C=O) groups excluding carboxylic acids is 1. The minimum atomic E-state index is 0.0372. The van der Waals surface area contributed by atoms with Crippen molar-refractivity contribution in [2.24, 2.45) is 0 Å². The molecule has 0 aliphatic heterocycles. The number of nitrogens with one attached hydrogen (secondary N) is 1. The third-order valence-electron chi connectivity index (χ3n) is 3.05. The van der Waals surface area contributed by atoms with E-state index in [0.717, 1.165) is 15.6 Å². The fraction of sp³-hybridized carbons (Fsp3) is 0.188. The molecule has 19 heavy (non-hydrogen) atoms. The van der Waals surface area contributed by atoms with Crippen molar-refractivity contribution in [1.82, 2.24) is 5.32 Å². The Kier molecular flexibility index (Phi) is 4.74. The zero-order chi connectivity index (χ0) is 13.7. The van der Waals surface area contributed by atoms with Gasteiger partial charge in [0.2, 0.25) is 5.91 Å². The molecule has 98 valence electrons. The van der Waals surface area contributed by atoms with Crippen LogP contribution in [0.3, 0.4) is 0 Å². The average Bonchev–Trinajstić information content (AvgIpc) is 2.40. The van der Waals surface area contributed by atoms with Gasteiger partial charge in [0.1, 0.15) is 0 Å². The minimum Gasteiger partial charge on any atom is -0.352 e. The number of hydrogen-bond donors (Lipinski definition) is 1. The number of aryl methyl sites for hydroxylation is 1. The molecule has 2 nitrogen and oxygen atoms in total. The lowest BCUT2D eigenvalue weighted by atomic mass is 10.1. The van der Waals surface area contributed by atoms with Gasteiger partial charge in [-0.1, -0.05) is 58.4 Å². The topological polar surface area (TPSA) is 29.1 Å². The molecule has 0 unspecified atom stereocenters. The maximum atomic E-state index is 11.9. The van der Waals surface area contributed by atoms with Crippen molar-refractivity contribution in [3.8, 4) is 0 Å². The van der Waals surface area contributed by atoms with Crippen LogP contribution in [0.1, 0.15) is 16.7 Å². The molecule has 0 atom stereocenters. The molecule has 0 spiro atoms. The van der Waals surface area contributed by atoms with Crippen molar-refractivity contribution >= 4 is 21.8 Å². The fourth-order valence-corrected chi connectivity index (χ4v) is 2.30. The lowest BCUT2D eigenvalue weighted by Gasteiger charge is -2.08. The summed E-state index contributed by atoms with van der Waals surface area (Å²) in [4.78, 5) is 11.9. The van der Waals surface area contributed by atoms with Gasteiger partial charge in [-0.2, -0.15) is 0 Å². The molecule has 0 radical (unpaired) electrons. The summed E-state index contributed by atoms with van der Waals surface area (Å²) in [6.45, 7) is 2.63. The van der Waals surface area contributed by atoms with Crippen LogP contribution in [0.15, 0.2) is 53.0 Å². The van der Waals surface area contributed by atoms with Crippen molar-refractivity contribution in [2.45, 2.75) is 19.9 Å². The van der Waals surface area contributed by atoms with Crippen molar-refractivity contribution < 1.29 is 4.79 Å². The molecule has 2 aromatic carbocycles. The van der Waals surface area contributed by atoms with Crippen LogP contribution in [0.5, 0.6) is 0 Å². The van der Waals surface area contributed by atoms with Gasteiger partial charge in [0.05, 0.1) is 6.42 Å². The van der Waals surface area contributed by atoms with E-state index in [1.54, 1.807) is 0 Å². The summed E-state index contributed by atoms with van der Waals surface area (Å²) >= 11 is 3.45. The Morgan fingerprint density at radius 2 is 1.68 bits per heavy atom. The van der Waals surface area contributed by atoms with Crippen molar-refractivity contribution in [3.63, 3.8) is 0 Å². The van der Waals surface area contributed by atoms with Crippen molar-refractivity contribution in [3.05, 3.63) is 69.7 Å². The van der Waals surface area contributed by atoms with E-state index in [2.05, 4.69) is 34.2 Å². The van der Waals surface area contributed by atoms with E-state index in [1.807, 2.05) is 42.5 Å². The first kappa shape index (κ1) is 13.8. The first-order valence-electron chi connectivity index (χ1n) is 6.21. The second kappa shape index (κ2) is 6.53. The molecule has 1 N–H and O–H groups in total. The van der Waals surface area contributed by atoms with Crippen LogP contribution < -0.4 is 5.32 Å². The summed E-state index contributed by atoms with van der Waals surface area (Å²) in [7, 11) is 0. The Balaban J connectivity index is 1.92. The molecule has 0 aliphatic rings. The van der Waals surface area contributed by atoms with Gasteiger partial charge < -0.3 is 5.32 Å². The highest BCUT2D eigenvalue weighted by molar-refractivity contribution is 9.10. The lowest BCUT2D eigenvalue weighted by molar-refractivity contribution is -0.120. The first-order chi connectivity index (χ1) is 9.16. The normalized spacial score (nSPS) is 10.2. The Labute approximate surface area is 122 Å². The number of hydrogen-bond acceptors (Lipinski definition) is 1. The second-order valence-electron chi connectivity index (χ2n) is 4.47. The number of carbonyl (C=O) groups is 1. The van der Waals surface area contributed by atoms with Gasteiger partial charge in [-0.3, -0.25) is 4.79 Å². The van der Waals surface area contributed by atoms with Crippen LogP contribution in [0.2, 0.25) is 0 Å². The smallest absolute Gasteiger partial charge is 0.224 e. The molecule has 0 heterocycles. The number of halogens is 1. The van der Waals surface area contributed by atoms with Crippen molar-refractivity contribution in [1.29, 1.82) is 0 Å². The Morgan fingerprint density at radius 3 is 2.37 bits per heavy atom. The molecular formula is C16H16BrNO. The highest BCUT2D eigenvalue weighted by Gasteiger charge is 2.06.